The molecule has 0 atom stereocenters. The lowest BCUT2D eigenvalue weighted by atomic mass is 10.1. The van der Waals surface area contributed by atoms with Gasteiger partial charge >= 0.3 is 5.97 Å². The Bertz CT molecular complexity index is 463. The molecule has 20 heavy (non-hydrogen) atoms. The lowest BCUT2D eigenvalue weighted by molar-refractivity contribution is -0.137. The number of rotatable bonds is 6. The van der Waals surface area contributed by atoms with Gasteiger partial charge in [-0.05, 0) is 24.1 Å². The summed E-state index contributed by atoms with van der Waals surface area (Å²) in [5.41, 5.74) is 1.69. The number of carboxylic acid groups (broad SMARTS) is 1. The number of benzene rings is 1. The third-order valence-electron chi connectivity index (χ3n) is 2.50. The van der Waals surface area contributed by atoms with E-state index in [1.54, 1.807) is 23.9 Å². The molecule has 0 aliphatic carbocycles. The first-order valence-electron chi connectivity index (χ1n) is 6.51. The summed E-state index contributed by atoms with van der Waals surface area (Å²) in [5, 5.41) is 11.4. The van der Waals surface area contributed by atoms with Gasteiger partial charge in [0.25, 0.3) is 0 Å². The van der Waals surface area contributed by atoms with E-state index in [1.165, 1.54) is 0 Å². The van der Waals surface area contributed by atoms with Crippen LogP contribution in [-0.2, 0) is 16.0 Å². The van der Waals surface area contributed by atoms with E-state index in [1.807, 2.05) is 12.1 Å². The van der Waals surface area contributed by atoms with Crippen LogP contribution in [0.4, 0.5) is 5.69 Å². The van der Waals surface area contributed by atoms with Crippen molar-refractivity contribution in [2.75, 3.05) is 11.1 Å². The summed E-state index contributed by atoms with van der Waals surface area (Å²) >= 11 is 1.60. The van der Waals surface area contributed by atoms with Crippen LogP contribution in [0.1, 0.15) is 32.8 Å². The first-order valence-corrected chi connectivity index (χ1v) is 7.49. The molecule has 0 saturated carbocycles. The molecule has 110 valence electrons. The van der Waals surface area contributed by atoms with Gasteiger partial charge in [-0.15, -0.1) is 11.8 Å². The van der Waals surface area contributed by atoms with E-state index in [0.29, 0.717) is 12.2 Å². The molecular weight excluding hydrogens is 274 g/mol. The van der Waals surface area contributed by atoms with Crippen molar-refractivity contribution in [1.29, 1.82) is 0 Å². The van der Waals surface area contributed by atoms with Gasteiger partial charge in [0.2, 0.25) is 5.91 Å². The van der Waals surface area contributed by atoms with E-state index in [2.05, 4.69) is 26.1 Å². The summed E-state index contributed by atoms with van der Waals surface area (Å²) in [6.07, 6.45) is 0.622. The zero-order chi connectivity index (χ0) is 15.2. The molecule has 0 saturated heterocycles. The maximum atomic E-state index is 11.7. The van der Waals surface area contributed by atoms with Crippen LogP contribution >= 0.6 is 11.8 Å². The van der Waals surface area contributed by atoms with Gasteiger partial charge < -0.3 is 10.4 Å². The Morgan fingerprint density at radius 3 is 2.30 bits per heavy atom. The Balaban J connectivity index is 2.44. The summed E-state index contributed by atoms with van der Waals surface area (Å²) in [6.45, 7) is 6.21. The third-order valence-corrected chi connectivity index (χ3v) is 3.77. The topological polar surface area (TPSA) is 66.4 Å². The molecule has 0 heterocycles. The van der Waals surface area contributed by atoms with E-state index >= 15 is 0 Å². The number of aryl methyl sites for hydroxylation is 1. The Morgan fingerprint density at radius 1 is 1.20 bits per heavy atom. The van der Waals surface area contributed by atoms with Gasteiger partial charge in [-0.25, -0.2) is 0 Å². The highest BCUT2D eigenvalue weighted by atomic mass is 32.2. The minimum absolute atomic E-state index is 0.0248. The highest BCUT2D eigenvalue weighted by molar-refractivity contribution is 8.01. The zero-order valence-electron chi connectivity index (χ0n) is 12.1. The van der Waals surface area contributed by atoms with Gasteiger partial charge in [0.05, 0.1) is 5.75 Å². The molecule has 0 unspecified atom stereocenters. The van der Waals surface area contributed by atoms with Crippen LogP contribution in [-0.4, -0.2) is 27.5 Å². The standard InChI is InChI=1S/C15H21NO3S/c1-15(2,3)20-10-13(17)16-12-7-4-11(5-8-12)6-9-14(18)19/h4-5,7-8H,6,9-10H2,1-3H3,(H,16,17)(H,18,19). The first-order chi connectivity index (χ1) is 9.26. The Morgan fingerprint density at radius 2 is 1.80 bits per heavy atom. The summed E-state index contributed by atoms with van der Waals surface area (Å²) < 4.78 is 0.0675. The molecule has 1 aromatic rings. The predicted molar refractivity (Wildman–Crippen MR) is 83.2 cm³/mol. The van der Waals surface area contributed by atoms with Crippen LogP contribution in [0.25, 0.3) is 0 Å². The molecule has 0 aliphatic rings. The van der Waals surface area contributed by atoms with Gasteiger partial charge in [0.15, 0.2) is 0 Å². The zero-order valence-corrected chi connectivity index (χ0v) is 12.9. The van der Waals surface area contributed by atoms with Crippen molar-refractivity contribution in [2.45, 2.75) is 38.4 Å². The lowest BCUT2D eigenvalue weighted by Crippen LogP contribution is -2.18. The van der Waals surface area contributed by atoms with Crippen LogP contribution in [0.5, 0.6) is 0 Å². The fraction of sp³-hybridized carbons (Fsp3) is 0.467. The Labute approximate surface area is 124 Å². The van der Waals surface area contributed by atoms with Crippen LogP contribution in [0, 0.1) is 0 Å². The second kappa shape index (κ2) is 7.33. The largest absolute Gasteiger partial charge is 0.481 e. The fourth-order valence-corrected chi connectivity index (χ4v) is 2.12. The van der Waals surface area contributed by atoms with E-state index in [-0.39, 0.29) is 17.1 Å². The maximum Gasteiger partial charge on any atom is 0.303 e. The van der Waals surface area contributed by atoms with Crippen molar-refractivity contribution in [1.82, 2.24) is 0 Å². The summed E-state index contributed by atoms with van der Waals surface area (Å²) in [6, 6.07) is 7.29. The number of hydrogen-bond donors (Lipinski definition) is 2. The van der Waals surface area contributed by atoms with Crippen molar-refractivity contribution >= 4 is 29.3 Å². The molecule has 1 amide bonds. The monoisotopic (exact) mass is 295 g/mol. The minimum Gasteiger partial charge on any atom is -0.481 e. The lowest BCUT2D eigenvalue weighted by Gasteiger charge is -2.17. The maximum absolute atomic E-state index is 11.7. The van der Waals surface area contributed by atoms with Crippen LogP contribution in [0.3, 0.4) is 0 Å². The highest BCUT2D eigenvalue weighted by Crippen LogP contribution is 2.23. The predicted octanol–water partition coefficient (Wildman–Crippen LogP) is 3.17. The van der Waals surface area contributed by atoms with Gasteiger partial charge in [-0.3, -0.25) is 9.59 Å². The summed E-state index contributed by atoms with van der Waals surface area (Å²) in [5.74, 6) is -0.408. The smallest absolute Gasteiger partial charge is 0.303 e. The summed E-state index contributed by atoms with van der Waals surface area (Å²) in [7, 11) is 0. The highest BCUT2D eigenvalue weighted by Gasteiger charge is 2.13. The second-order valence-corrected chi connectivity index (χ2v) is 7.34. The number of carbonyl (C=O) groups is 2. The molecule has 1 rings (SSSR count). The van der Waals surface area contributed by atoms with Crippen molar-refractivity contribution in [3.63, 3.8) is 0 Å². The van der Waals surface area contributed by atoms with Crippen LogP contribution in [0.15, 0.2) is 24.3 Å². The first kappa shape index (κ1) is 16.6. The molecule has 0 aliphatic heterocycles. The van der Waals surface area contributed by atoms with Crippen molar-refractivity contribution in [3.05, 3.63) is 29.8 Å². The molecular formula is C15H21NO3S. The number of nitrogens with one attached hydrogen (secondary N) is 1. The third kappa shape index (κ3) is 7.19. The van der Waals surface area contributed by atoms with Crippen LogP contribution in [0.2, 0.25) is 0 Å². The Hall–Kier alpha value is -1.49. The van der Waals surface area contributed by atoms with E-state index < -0.39 is 5.97 Å². The minimum atomic E-state index is -0.804. The second-order valence-electron chi connectivity index (χ2n) is 5.54. The molecule has 0 fully saturated rings. The van der Waals surface area contributed by atoms with Crippen LogP contribution < -0.4 is 5.32 Å². The number of anilines is 1. The molecule has 1 aromatic carbocycles. The average Bonchev–Trinajstić information content (AvgIpc) is 2.35. The molecule has 0 radical (unpaired) electrons. The number of amides is 1. The molecule has 2 N–H and O–H groups in total. The fourth-order valence-electron chi connectivity index (χ4n) is 1.49. The molecule has 0 spiro atoms. The Kier molecular flexibility index (Phi) is 6.07. The molecule has 0 aromatic heterocycles. The quantitative estimate of drug-likeness (QED) is 0.846. The van der Waals surface area contributed by atoms with Crippen molar-refractivity contribution in [2.24, 2.45) is 0 Å². The van der Waals surface area contributed by atoms with Gasteiger partial charge in [0, 0.05) is 16.9 Å². The number of thioether (sulfide) groups is 1. The van der Waals surface area contributed by atoms with Gasteiger partial charge in [0.1, 0.15) is 0 Å². The average molecular weight is 295 g/mol. The SMILES string of the molecule is CC(C)(C)SCC(=O)Nc1ccc(CCC(=O)O)cc1. The number of carbonyl (C=O) groups excluding carboxylic acids is 1. The van der Waals surface area contributed by atoms with E-state index in [9.17, 15) is 9.59 Å². The normalized spacial score (nSPS) is 11.2. The number of hydrogen-bond acceptors (Lipinski definition) is 3. The number of carboxylic acids is 1. The van der Waals surface area contributed by atoms with Gasteiger partial charge in [-0.1, -0.05) is 32.9 Å². The molecule has 4 nitrogen and oxygen atoms in total. The van der Waals surface area contributed by atoms with Gasteiger partial charge in [-0.2, -0.15) is 0 Å². The van der Waals surface area contributed by atoms with Crippen molar-refractivity contribution in [3.8, 4) is 0 Å². The van der Waals surface area contributed by atoms with Crippen molar-refractivity contribution < 1.29 is 14.7 Å². The molecule has 5 heteroatoms. The number of aliphatic carboxylic acids is 1. The summed E-state index contributed by atoms with van der Waals surface area (Å²) in [4.78, 5) is 22.2. The van der Waals surface area contributed by atoms with E-state index in [4.69, 9.17) is 5.11 Å². The van der Waals surface area contributed by atoms with E-state index in [0.717, 1.165) is 11.3 Å². The molecule has 0 bridgehead atoms.